The number of benzene rings is 3. The molecule has 1 amide bonds. The van der Waals surface area contributed by atoms with Crippen molar-refractivity contribution >= 4 is 34.0 Å². The molecule has 0 aliphatic rings. The van der Waals surface area contributed by atoms with E-state index < -0.39 is 0 Å². The standard InChI is InChI=1S/C18H14ClNO/c1-12-10-16(19)8-9-17(12)20-18(21)15-7-6-13-4-2-3-5-14(13)11-15/h2-11H,1H3,(H,20,21). The van der Waals surface area contributed by atoms with Crippen LogP contribution in [0.1, 0.15) is 15.9 Å². The Labute approximate surface area is 128 Å². The molecule has 3 aromatic carbocycles. The first kappa shape index (κ1) is 13.7. The Morgan fingerprint density at radius 1 is 0.952 bits per heavy atom. The molecule has 0 heterocycles. The van der Waals surface area contributed by atoms with Crippen molar-refractivity contribution in [2.75, 3.05) is 5.32 Å². The predicted octanol–water partition coefficient (Wildman–Crippen LogP) is 5.05. The fourth-order valence-corrected chi connectivity index (χ4v) is 2.52. The molecule has 0 spiro atoms. The van der Waals surface area contributed by atoms with Crippen molar-refractivity contribution in [1.29, 1.82) is 0 Å². The first-order valence-electron chi connectivity index (χ1n) is 6.70. The molecule has 0 fully saturated rings. The fourth-order valence-electron chi connectivity index (χ4n) is 2.29. The van der Waals surface area contributed by atoms with Gasteiger partial charge < -0.3 is 5.32 Å². The lowest BCUT2D eigenvalue weighted by Gasteiger charge is -2.09. The van der Waals surface area contributed by atoms with Gasteiger partial charge in [-0.15, -0.1) is 0 Å². The van der Waals surface area contributed by atoms with E-state index in [9.17, 15) is 4.79 Å². The lowest BCUT2D eigenvalue weighted by atomic mass is 10.1. The molecule has 3 heteroatoms. The van der Waals surface area contributed by atoms with E-state index in [1.54, 1.807) is 6.07 Å². The summed E-state index contributed by atoms with van der Waals surface area (Å²) in [5.74, 6) is -0.119. The maximum atomic E-state index is 12.4. The van der Waals surface area contributed by atoms with Gasteiger partial charge in [0.25, 0.3) is 5.91 Å². The maximum Gasteiger partial charge on any atom is 0.255 e. The minimum absolute atomic E-state index is 0.119. The number of amides is 1. The fraction of sp³-hybridized carbons (Fsp3) is 0.0556. The summed E-state index contributed by atoms with van der Waals surface area (Å²) in [4.78, 5) is 12.4. The van der Waals surface area contributed by atoms with Gasteiger partial charge in [0.15, 0.2) is 0 Å². The zero-order valence-corrected chi connectivity index (χ0v) is 12.3. The van der Waals surface area contributed by atoms with Crippen LogP contribution < -0.4 is 5.32 Å². The second-order valence-electron chi connectivity index (χ2n) is 4.98. The largest absolute Gasteiger partial charge is 0.322 e. The number of rotatable bonds is 2. The quantitative estimate of drug-likeness (QED) is 0.704. The summed E-state index contributed by atoms with van der Waals surface area (Å²) in [6, 6.07) is 19.1. The van der Waals surface area contributed by atoms with Crippen LogP contribution in [0.4, 0.5) is 5.69 Å². The van der Waals surface area contributed by atoms with Gasteiger partial charge in [-0.3, -0.25) is 4.79 Å². The van der Waals surface area contributed by atoms with Crippen molar-refractivity contribution in [2.24, 2.45) is 0 Å². The second kappa shape index (κ2) is 5.58. The molecule has 1 N–H and O–H groups in total. The predicted molar refractivity (Wildman–Crippen MR) is 88.1 cm³/mol. The lowest BCUT2D eigenvalue weighted by molar-refractivity contribution is 0.102. The number of hydrogen-bond acceptors (Lipinski definition) is 1. The number of carbonyl (C=O) groups is 1. The SMILES string of the molecule is Cc1cc(Cl)ccc1NC(=O)c1ccc2ccccc2c1. The van der Waals surface area contributed by atoms with Crippen LogP contribution in [0.15, 0.2) is 60.7 Å². The minimum Gasteiger partial charge on any atom is -0.322 e. The molecule has 21 heavy (non-hydrogen) atoms. The third-order valence-corrected chi connectivity index (χ3v) is 3.68. The van der Waals surface area contributed by atoms with Crippen LogP contribution in [0.5, 0.6) is 0 Å². The second-order valence-corrected chi connectivity index (χ2v) is 5.41. The van der Waals surface area contributed by atoms with Gasteiger partial charge in [-0.1, -0.05) is 41.9 Å². The number of hydrogen-bond donors (Lipinski definition) is 1. The van der Waals surface area contributed by atoms with Crippen molar-refractivity contribution < 1.29 is 4.79 Å². The van der Waals surface area contributed by atoms with E-state index in [-0.39, 0.29) is 5.91 Å². The minimum atomic E-state index is -0.119. The van der Waals surface area contributed by atoms with E-state index in [4.69, 9.17) is 11.6 Å². The molecule has 0 radical (unpaired) electrons. The molecule has 0 saturated carbocycles. The Morgan fingerprint density at radius 3 is 2.48 bits per heavy atom. The van der Waals surface area contributed by atoms with Crippen molar-refractivity contribution in [3.05, 3.63) is 76.8 Å². The molecule has 0 aliphatic carbocycles. The highest BCUT2D eigenvalue weighted by molar-refractivity contribution is 6.30. The molecule has 104 valence electrons. The summed E-state index contributed by atoms with van der Waals surface area (Å²) in [7, 11) is 0. The molecule has 0 aromatic heterocycles. The molecule has 3 rings (SSSR count). The third-order valence-electron chi connectivity index (χ3n) is 3.45. The van der Waals surface area contributed by atoms with Crippen molar-refractivity contribution in [1.82, 2.24) is 0 Å². The highest BCUT2D eigenvalue weighted by Gasteiger charge is 2.08. The van der Waals surface area contributed by atoms with Crippen LogP contribution in [-0.2, 0) is 0 Å². The number of anilines is 1. The van der Waals surface area contributed by atoms with Gasteiger partial charge in [0.05, 0.1) is 0 Å². The van der Waals surface area contributed by atoms with Crippen LogP contribution in [0.3, 0.4) is 0 Å². The summed E-state index contributed by atoms with van der Waals surface area (Å²) in [5, 5.41) is 5.76. The van der Waals surface area contributed by atoms with E-state index >= 15 is 0 Å². The number of carbonyl (C=O) groups excluding carboxylic acids is 1. The van der Waals surface area contributed by atoms with E-state index in [0.29, 0.717) is 10.6 Å². The molecule has 3 aromatic rings. The number of halogens is 1. The molecular formula is C18H14ClNO. The Kier molecular flexibility index (Phi) is 3.63. The average Bonchev–Trinajstić information content (AvgIpc) is 2.49. The van der Waals surface area contributed by atoms with E-state index in [1.807, 2.05) is 61.5 Å². The average molecular weight is 296 g/mol. The van der Waals surface area contributed by atoms with Gasteiger partial charge in [0.1, 0.15) is 0 Å². The smallest absolute Gasteiger partial charge is 0.255 e. The Balaban J connectivity index is 1.89. The van der Waals surface area contributed by atoms with Crippen molar-refractivity contribution in [3.63, 3.8) is 0 Å². The first-order chi connectivity index (χ1) is 10.1. The monoisotopic (exact) mass is 295 g/mol. The van der Waals surface area contributed by atoms with Gasteiger partial charge in [-0.05, 0) is 53.6 Å². The van der Waals surface area contributed by atoms with E-state index in [1.165, 1.54) is 0 Å². The molecule has 0 saturated heterocycles. The van der Waals surface area contributed by atoms with Gasteiger partial charge >= 0.3 is 0 Å². The Bertz CT molecular complexity index is 826. The Morgan fingerprint density at radius 2 is 1.71 bits per heavy atom. The molecule has 2 nitrogen and oxygen atoms in total. The number of nitrogens with one attached hydrogen (secondary N) is 1. The van der Waals surface area contributed by atoms with E-state index in [2.05, 4.69) is 5.32 Å². The number of aryl methyl sites for hydroxylation is 1. The topological polar surface area (TPSA) is 29.1 Å². The summed E-state index contributed by atoms with van der Waals surface area (Å²) < 4.78 is 0. The highest BCUT2D eigenvalue weighted by Crippen LogP contribution is 2.21. The summed E-state index contributed by atoms with van der Waals surface area (Å²) in [6.45, 7) is 1.92. The van der Waals surface area contributed by atoms with E-state index in [0.717, 1.165) is 22.0 Å². The highest BCUT2D eigenvalue weighted by atomic mass is 35.5. The van der Waals surface area contributed by atoms with Crippen LogP contribution in [0.2, 0.25) is 5.02 Å². The molecule has 0 atom stereocenters. The van der Waals surface area contributed by atoms with Crippen molar-refractivity contribution in [3.8, 4) is 0 Å². The van der Waals surface area contributed by atoms with Crippen LogP contribution in [0.25, 0.3) is 10.8 Å². The number of fused-ring (bicyclic) bond motifs is 1. The summed E-state index contributed by atoms with van der Waals surface area (Å²) in [5.41, 5.74) is 2.36. The molecule has 0 unspecified atom stereocenters. The van der Waals surface area contributed by atoms with Crippen LogP contribution in [-0.4, -0.2) is 5.91 Å². The van der Waals surface area contributed by atoms with Crippen LogP contribution in [0, 0.1) is 6.92 Å². The lowest BCUT2D eigenvalue weighted by Crippen LogP contribution is -2.12. The zero-order chi connectivity index (χ0) is 14.8. The molecule has 0 bridgehead atoms. The third kappa shape index (κ3) is 2.91. The summed E-state index contributed by atoms with van der Waals surface area (Å²) >= 11 is 5.92. The van der Waals surface area contributed by atoms with Gasteiger partial charge in [-0.2, -0.15) is 0 Å². The van der Waals surface area contributed by atoms with Crippen LogP contribution >= 0.6 is 11.6 Å². The maximum absolute atomic E-state index is 12.4. The Hall–Kier alpha value is -2.32. The van der Waals surface area contributed by atoms with Gasteiger partial charge in [0, 0.05) is 16.3 Å². The molecule has 0 aliphatic heterocycles. The van der Waals surface area contributed by atoms with Gasteiger partial charge in [-0.25, -0.2) is 0 Å². The van der Waals surface area contributed by atoms with Crippen molar-refractivity contribution in [2.45, 2.75) is 6.92 Å². The van der Waals surface area contributed by atoms with Gasteiger partial charge in [0.2, 0.25) is 0 Å². The molecular weight excluding hydrogens is 282 g/mol. The zero-order valence-electron chi connectivity index (χ0n) is 11.6. The first-order valence-corrected chi connectivity index (χ1v) is 7.07. The summed E-state index contributed by atoms with van der Waals surface area (Å²) in [6.07, 6.45) is 0. The normalized spacial score (nSPS) is 10.6.